The van der Waals surface area contributed by atoms with Gasteiger partial charge in [0, 0.05) is 33.7 Å². The van der Waals surface area contributed by atoms with Crippen LogP contribution in [0.25, 0.3) is 0 Å². The highest BCUT2D eigenvalue weighted by atomic mass is 32.1. The molecule has 0 atom stereocenters. The fourth-order valence-electron chi connectivity index (χ4n) is 2.42. The van der Waals surface area contributed by atoms with Crippen molar-refractivity contribution in [1.29, 1.82) is 0 Å². The Labute approximate surface area is 128 Å². The van der Waals surface area contributed by atoms with Crippen LogP contribution in [0.2, 0.25) is 0 Å². The van der Waals surface area contributed by atoms with E-state index in [1.165, 1.54) is 18.4 Å². The third-order valence-corrected chi connectivity index (χ3v) is 4.30. The first-order chi connectivity index (χ1) is 10.3. The molecule has 0 aliphatic carbocycles. The molecule has 0 bridgehead atoms. The molecule has 0 radical (unpaired) electrons. The van der Waals surface area contributed by atoms with Crippen molar-refractivity contribution >= 4 is 29.2 Å². The summed E-state index contributed by atoms with van der Waals surface area (Å²) < 4.78 is 0. The topological polar surface area (TPSA) is 57.2 Å². The summed E-state index contributed by atoms with van der Waals surface area (Å²) >= 11 is 1.71. The van der Waals surface area contributed by atoms with Crippen LogP contribution in [-0.4, -0.2) is 42.1 Å². The van der Waals surface area contributed by atoms with Crippen LogP contribution in [0.1, 0.15) is 18.4 Å². The molecule has 0 aromatic carbocycles. The van der Waals surface area contributed by atoms with Crippen LogP contribution in [0.3, 0.4) is 0 Å². The molecule has 2 aromatic heterocycles. The number of nitrogens with zero attached hydrogens (tertiary/aromatic N) is 5. The molecule has 1 aliphatic heterocycles. The van der Waals surface area contributed by atoms with E-state index in [9.17, 15) is 0 Å². The number of thiophene rings is 1. The minimum absolute atomic E-state index is 0.624. The zero-order valence-electron chi connectivity index (χ0n) is 12.4. The monoisotopic (exact) mass is 304 g/mol. The third-order valence-electron chi connectivity index (χ3n) is 3.57. The first-order valence-electron chi connectivity index (χ1n) is 7.17. The molecule has 1 saturated heterocycles. The molecule has 3 heterocycles. The van der Waals surface area contributed by atoms with E-state index in [0.717, 1.165) is 25.6 Å². The molecule has 21 heavy (non-hydrogen) atoms. The largest absolute Gasteiger partial charge is 0.357 e. The predicted octanol–water partition coefficient (Wildman–Crippen LogP) is 2.21. The second kappa shape index (κ2) is 6.26. The molecular formula is C14H20N6S. The highest BCUT2D eigenvalue weighted by Crippen LogP contribution is 2.21. The van der Waals surface area contributed by atoms with Crippen LogP contribution in [-0.2, 0) is 6.54 Å². The van der Waals surface area contributed by atoms with Crippen molar-refractivity contribution in [2.45, 2.75) is 19.4 Å². The summed E-state index contributed by atoms with van der Waals surface area (Å²) in [7, 11) is 3.85. The van der Waals surface area contributed by atoms with Crippen molar-refractivity contribution in [2.75, 3.05) is 42.3 Å². The van der Waals surface area contributed by atoms with E-state index in [1.807, 2.05) is 14.1 Å². The Kier molecular flexibility index (Phi) is 4.19. The van der Waals surface area contributed by atoms with Crippen molar-refractivity contribution in [2.24, 2.45) is 0 Å². The number of hydrogen-bond donors (Lipinski definition) is 1. The lowest BCUT2D eigenvalue weighted by Gasteiger charge is -2.20. The molecule has 0 amide bonds. The molecule has 0 saturated carbocycles. The average molecular weight is 304 g/mol. The van der Waals surface area contributed by atoms with Crippen molar-refractivity contribution in [1.82, 2.24) is 15.0 Å². The normalized spacial score (nSPS) is 14.5. The molecule has 1 N–H and O–H groups in total. The average Bonchev–Trinajstić information content (AvgIpc) is 3.20. The Morgan fingerprint density at radius 2 is 2.10 bits per heavy atom. The molecule has 0 spiro atoms. The lowest BCUT2D eigenvalue weighted by molar-refractivity contribution is 0.828. The highest BCUT2D eigenvalue weighted by Gasteiger charge is 2.18. The molecule has 1 fully saturated rings. The van der Waals surface area contributed by atoms with Gasteiger partial charge in [-0.15, -0.1) is 0 Å². The fraction of sp³-hybridized carbons (Fsp3) is 0.500. The van der Waals surface area contributed by atoms with E-state index in [4.69, 9.17) is 0 Å². The predicted molar refractivity (Wildman–Crippen MR) is 87.2 cm³/mol. The summed E-state index contributed by atoms with van der Waals surface area (Å²) in [5.41, 5.74) is 1.27. The lowest BCUT2D eigenvalue weighted by Crippen LogP contribution is -2.25. The molecular weight excluding hydrogens is 284 g/mol. The Morgan fingerprint density at radius 1 is 1.29 bits per heavy atom. The molecule has 2 aromatic rings. The van der Waals surface area contributed by atoms with Crippen LogP contribution in [0, 0.1) is 0 Å². The number of rotatable bonds is 5. The van der Waals surface area contributed by atoms with Gasteiger partial charge in [0.05, 0.1) is 0 Å². The van der Waals surface area contributed by atoms with Crippen molar-refractivity contribution in [3.63, 3.8) is 0 Å². The molecule has 3 rings (SSSR count). The Morgan fingerprint density at radius 3 is 2.76 bits per heavy atom. The summed E-state index contributed by atoms with van der Waals surface area (Å²) in [5, 5.41) is 7.27. The van der Waals surface area contributed by atoms with Crippen LogP contribution >= 0.6 is 11.3 Å². The smallest absolute Gasteiger partial charge is 0.232 e. The van der Waals surface area contributed by atoms with E-state index in [1.54, 1.807) is 11.3 Å². The van der Waals surface area contributed by atoms with Gasteiger partial charge in [0.1, 0.15) is 0 Å². The van der Waals surface area contributed by atoms with Crippen LogP contribution < -0.4 is 15.1 Å². The molecule has 1 aliphatic rings. The van der Waals surface area contributed by atoms with Crippen LogP contribution in [0.4, 0.5) is 17.8 Å². The first kappa shape index (κ1) is 14.1. The Balaban J connectivity index is 1.84. The SMILES string of the molecule is CNc1nc(N(C)Cc2ccsc2)nc(N2CCCC2)n1. The van der Waals surface area contributed by atoms with Gasteiger partial charge in [-0.25, -0.2) is 0 Å². The minimum atomic E-state index is 0.624. The van der Waals surface area contributed by atoms with Gasteiger partial charge in [0.15, 0.2) is 0 Å². The summed E-state index contributed by atoms with van der Waals surface area (Å²) in [6, 6.07) is 2.13. The van der Waals surface area contributed by atoms with Gasteiger partial charge in [-0.1, -0.05) is 0 Å². The molecule has 7 heteroatoms. The Hall–Kier alpha value is -1.89. The number of nitrogens with one attached hydrogen (secondary N) is 1. The van der Waals surface area contributed by atoms with E-state index < -0.39 is 0 Å². The second-order valence-electron chi connectivity index (χ2n) is 5.19. The van der Waals surface area contributed by atoms with Gasteiger partial charge < -0.3 is 15.1 Å². The van der Waals surface area contributed by atoms with Gasteiger partial charge >= 0.3 is 0 Å². The van der Waals surface area contributed by atoms with Gasteiger partial charge in [-0.3, -0.25) is 0 Å². The zero-order valence-corrected chi connectivity index (χ0v) is 13.2. The van der Waals surface area contributed by atoms with Crippen LogP contribution in [0.15, 0.2) is 16.8 Å². The maximum Gasteiger partial charge on any atom is 0.232 e. The van der Waals surface area contributed by atoms with Crippen molar-refractivity contribution < 1.29 is 0 Å². The second-order valence-corrected chi connectivity index (χ2v) is 5.97. The number of hydrogen-bond acceptors (Lipinski definition) is 7. The van der Waals surface area contributed by atoms with Gasteiger partial charge in [0.25, 0.3) is 0 Å². The van der Waals surface area contributed by atoms with E-state index in [-0.39, 0.29) is 0 Å². The summed E-state index contributed by atoms with van der Waals surface area (Å²) in [6.45, 7) is 2.86. The van der Waals surface area contributed by atoms with Gasteiger partial charge in [-0.2, -0.15) is 26.3 Å². The highest BCUT2D eigenvalue weighted by molar-refractivity contribution is 7.07. The number of aromatic nitrogens is 3. The maximum absolute atomic E-state index is 4.64. The quantitative estimate of drug-likeness (QED) is 0.914. The Bertz CT molecular complexity index is 579. The first-order valence-corrected chi connectivity index (χ1v) is 8.11. The maximum atomic E-state index is 4.64. The van der Waals surface area contributed by atoms with Gasteiger partial charge in [0.2, 0.25) is 17.8 Å². The van der Waals surface area contributed by atoms with Crippen molar-refractivity contribution in [3.8, 4) is 0 Å². The minimum Gasteiger partial charge on any atom is -0.357 e. The van der Waals surface area contributed by atoms with E-state index in [2.05, 4.69) is 46.9 Å². The summed E-state index contributed by atoms with van der Waals surface area (Å²) in [5.74, 6) is 2.11. The van der Waals surface area contributed by atoms with Gasteiger partial charge in [-0.05, 0) is 35.2 Å². The standard InChI is InChI=1S/C14H20N6S/c1-15-12-16-13(19(2)9-11-5-8-21-10-11)18-14(17-12)20-6-3-4-7-20/h5,8,10H,3-4,6-7,9H2,1-2H3,(H,15,16,17,18). The molecule has 112 valence electrons. The third kappa shape index (κ3) is 3.24. The van der Waals surface area contributed by atoms with E-state index >= 15 is 0 Å². The number of anilines is 3. The van der Waals surface area contributed by atoms with E-state index in [0.29, 0.717) is 11.9 Å². The fourth-order valence-corrected chi connectivity index (χ4v) is 3.08. The molecule has 0 unspecified atom stereocenters. The van der Waals surface area contributed by atoms with Crippen molar-refractivity contribution in [3.05, 3.63) is 22.4 Å². The summed E-state index contributed by atoms with van der Waals surface area (Å²) in [4.78, 5) is 17.9. The van der Waals surface area contributed by atoms with Crippen LogP contribution in [0.5, 0.6) is 0 Å². The molecule has 6 nitrogen and oxygen atoms in total. The summed E-state index contributed by atoms with van der Waals surface area (Å²) in [6.07, 6.45) is 2.42. The lowest BCUT2D eigenvalue weighted by atomic mass is 10.3. The zero-order chi connectivity index (χ0) is 14.7.